The van der Waals surface area contributed by atoms with E-state index >= 15 is 0 Å². The number of imide groups is 1. The molecular formula is C36H60N2O9. The molecule has 11 nitrogen and oxygen atoms in total. The minimum atomic E-state index is -1.05. The molecule has 0 bridgehead atoms. The first kappa shape index (κ1) is 41.8. The molecule has 1 aliphatic heterocycles. The van der Waals surface area contributed by atoms with Crippen molar-refractivity contribution in [3.63, 3.8) is 0 Å². The highest BCUT2D eigenvalue weighted by molar-refractivity contribution is 6.01. The number of nitrogens with one attached hydrogen (secondary N) is 1. The summed E-state index contributed by atoms with van der Waals surface area (Å²) in [5.41, 5.74) is -0.776. The number of allylic oxidation sites excluding steroid dienone is 1. The molecule has 1 atom stereocenters. The second-order valence-electron chi connectivity index (χ2n) is 13.6. The highest BCUT2D eigenvalue weighted by Crippen LogP contribution is 2.17. The molecule has 1 rings (SSSR count). The monoisotopic (exact) mass is 664 g/mol. The quantitative estimate of drug-likeness (QED) is 0.0436. The molecule has 0 aromatic rings. The first-order chi connectivity index (χ1) is 22.3. The van der Waals surface area contributed by atoms with Crippen LogP contribution in [0.15, 0.2) is 12.3 Å². The van der Waals surface area contributed by atoms with Crippen LogP contribution in [-0.2, 0) is 43.1 Å². The number of carbonyl (C=O) groups is 6. The van der Waals surface area contributed by atoms with E-state index in [1.54, 1.807) is 27.7 Å². The van der Waals surface area contributed by atoms with E-state index in [4.69, 9.17) is 14.3 Å². The Balaban J connectivity index is 2.10. The number of esters is 2. The molecule has 0 aromatic carbocycles. The Labute approximate surface area is 281 Å². The summed E-state index contributed by atoms with van der Waals surface area (Å²) in [6.45, 7) is 10.4. The van der Waals surface area contributed by atoms with Crippen molar-refractivity contribution in [3.8, 4) is 0 Å². The van der Waals surface area contributed by atoms with Gasteiger partial charge in [-0.15, -0.1) is 5.06 Å². The number of nitrogens with zero attached hydrogens (tertiary/aromatic N) is 1. The fourth-order valence-electron chi connectivity index (χ4n) is 5.23. The lowest BCUT2D eigenvalue weighted by Crippen LogP contribution is -2.44. The third kappa shape index (κ3) is 22.1. The van der Waals surface area contributed by atoms with Crippen molar-refractivity contribution in [1.82, 2.24) is 10.4 Å². The minimum Gasteiger partial charge on any atom is -0.458 e. The summed E-state index contributed by atoms with van der Waals surface area (Å²) < 4.78 is 10.4. The van der Waals surface area contributed by atoms with E-state index in [2.05, 4.69) is 11.9 Å². The molecule has 1 saturated heterocycles. The zero-order chi connectivity index (χ0) is 35.1. The molecule has 0 radical (unpaired) electrons. The van der Waals surface area contributed by atoms with Gasteiger partial charge in [0.1, 0.15) is 11.6 Å². The second-order valence-corrected chi connectivity index (χ2v) is 13.6. The van der Waals surface area contributed by atoms with Gasteiger partial charge in [-0.3, -0.25) is 19.2 Å². The molecule has 0 aromatic heterocycles. The molecule has 47 heavy (non-hydrogen) atoms. The lowest BCUT2D eigenvalue weighted by atomic mass is 10.0. The Morgan fingerprint density at radius 2 is 1.13 bits per heavy atom. The first-order valence-corrected chi connectivity index (χ1v) is 17.7. The molecule has 1 fully saturated rings. The largest absolute Gasteiger partial charge is 0.458 e. The summed E-state index contributed by atoms with van der Waals surface area (Å²) in [7, 11) is 0. The summed E-state index contributed by atoms with van der Waals surface area (Å²) in [5.74, 6) is -2.67. The van der Waals surface area contributed by atoms with Gasteiger partial charge in [0.15, 0.2) is 0 Å². The average molecular weight is 665 g/mol. The summed E-state index contributed by atoms with van der Waals surface area (Å²) in [4.78, 5) is 77.2. The van der Waals surface area contributed by atoms with E-state index in [-0.39, 0.29) is 44.0 Å². The van der Waals surface area contributed by atoms with Gasteiger partial charge in [0.05, 0.1) is 12.2 Å². The number of hydrogen-bond acceptors (Lipinski definition) is 9. The van der Waals surface area contributed by atoms with Crippen LogP contribution in [0.25, 0.3) is 0 Å². The number of unbranched alkanes of at least 4 members (excludes halogenated alkanes) is 15. The van der Waals surface area contributed by atoms with Crippen molar-refractivity contribution in [3.05, 3.63) is 12.3 Å². The van der Waals surface area contributed by atoms with Gasteiger partial charge in [-0.1, -0.05) is 96.5 Å². The van der Waals surface area contributed by atoms with E-state index < -0.39 is 35.4 Å². The van der Waals surface area contributed by atoms with Crippen LogP contribution < -0.4 is 5.32 Å². The fraction of sp³-hybridized carbons (Fsp3) is 0.778. The van der Waals surface area contributed by atoms with Gasteiger partial charge in [-0.2, -0.15) is 0 Å². The first-order valence-electron chi connectivity index (χ1n) is 17.7. The van der Waals surface area contributed by atoms with Crippen molar-refractivity contribution in [1.29, 1.82) is 0 Å². The number of carbonyl (C=O) groups excluding carboxylic acids is 6. The molecule has 1 aliphatic rings. The maximum absolute atomic E-state index is 12.7. The molecule has 1 N–H and O–H groups in total. The van der Waals surface area contributed by atoms with Gasteiger partial charge < -0.3 is 19.6 Å². The summed E-state index contributed by atoms with van der Waals surface area (Å²) in [6.07, 6.45) is 18.6. The van der Waals surface area contributed by atoms with Crippen molar-refractivity contribution < 1.29 is 43.1 Å². The average Bonchev–Trinajstić information content (AvgIpc) is 3.29. The Bertz CT molecular complexity index is 1000. The van der Waals surface area contributed by atoms with Crippen LogP contribution in [0, 0.1) is 0 Å². The molecule has 0 spiro atoms. The van der Waals surface area contributed by atoms with Crippen LogP contribution in [0.5, 0.6) is 0 Å². The Kier molecular flexibility index (Phi) is 21.3. The van der Waals surface area contributed by atoms with E-state index in [0.29, 0.717) is 23.7 Å². The Hall–Kier alpha value is -3.24. The summed E-state index contributed by atoms with van der Waals surface area (Å²) in [6, 6.07) is -1.05. The smallest absolute Gasteiger partial charge is 0.333 e. The second kappa shape index (κ2) is 24.0. The molecule has 0 aliphatic carbocycles. The van der Waals surface area contributed by atoms with Gasteiger partial charge in [-0.25, -0.2) is 9.59 Å². The highest BCUT2D eigenvalue weighted by atomic mass is 16.7. The molecule has 11 heteroatoms. The molecule has 268 valence electrons. The van der Waals surface area contributed by atoms with E-state index in [1.807, 2.05) is 0 Å². The summed E-state index contributed by atoms with van der Waals surface area (Å²) in [5, 5.41) is 3.15. The third-order valence-corrected chi connectivity index (χ3v) is 7.69. The van der Waals surface area contributed by atoms with Gasteiger partial charge >= 0.3 is 17.9 Å². The zero-order valence-electron chi connectivity index (χ0n) is 29.5. The number of amides is 3. The Morgan fingerprint density at radius 1 is 0.702 bits per heavy atom. The van der Waals surface area contributed by atoms with Crippen molar-refractivity contribution in [2.24, 2.45) is 0 Å². The lowest BCUT2D eigenvalue weighted by Gasteiger charge is -2.24. The number of hydroxylamine groups is 2. The van der Waals surface area contributed by atoms with Gasteiger partial charge in [0.2, 0.25) is 5.91 Å². The number of rotatable bonds is 26. The maximum Gasteiger partial charge on any atom is 0.333 e. The van der Waals surface area contributed by atoms with Crippen LogP contribution in [0.4, 0.5) is 0 Å². The molecule has 0 saturated carbocycles. The third-order valence-electron chi connectivity index (χ3n) is 7.69. The molecule has 0 unspecified atom stereocenters. The number of hydrogen-bond donors (Lipinski definition) is 1. The Morgan fingerprint density at radius 3 is 1.55 bits per heavy atom. The highest BCUT2D eigenvalue weighted by Gasteiger charge is 2.33. The summed E-state index contributed by atoms with van der Waals surface area (Å²) >= 11 is 0. The van der Waals surface area contributed by atoms with Crippen LogP contribution >= 0.6 is 0 Å². The van der Waals surface area contributed by atoms with Gasteiger partial charge in [0.25, 0.3) is 11.8 Å². The molecular weight excluding hydrogens is 604 g/mol. The molecule has 1 heterocycles. The van der Waals surface area contributed by atoms with Gasteiger partial charge in [0, 0.05) is 25.7 Å². The zero-order valence-corrected chi connectivity index (χ0v) is 29.5. The normalized spacial score (nSPS) is 13.7. The standard InChI is InChI=1S/C36H60N2O9/c1-28(2)45-33(42)23-21-19-17-15-13-11-9-7-6-8-10-12-14-16-18-20-22-30(39)37-29(35(44)46-36(3,4)5)24-27-34(43)47-38-31(40)25-26-32(38)41/h29H,1,6-27H2,2-5H3,(H,37,39)/t29-/m0/s1. The fourth-order valence-corrected chi connectivity index (χ4v) is 5.23. The predicted octanol–water partition coefficient (Wildman–Crippen LogP) is 7.30. The molecule has 3 amide bonds. The van der Waals surface area contributed by atoms with Crippen LogP contribution in [0.2, 0.25) is 0 Å². The SMILES string of the molecule is C=C(C)OC(=O)CCCCCCCCCCCCCCCCCCC(=O)N[C@@H](CCC(=O)ON1C(=O)CCC1=O)C(=O)OC(C)(C)C. The van der Waals surface area contributed by atoms with Crippen LogP contribution in [0.1, 0.15) is 169 Å². The number of ether oxygens (including phenoxy) is 2. The van der Waals surface area contributed by atoms with Crippen molar-refractivity contribution in [2.75, 3.05) is 0 Å². The predicted molar refractivity (Wildman–Crippen MR) is 178 cm³/mol. The van der Waals surface area contributed by atoms with E-state index in [1.165, 1.54) is 64.2 Å². The van der Waals surface area contributed by atoms with E-state index in [0.717, 1.165) is 32.1 Å². The van der Waals surface area contributed by atoms with Crippen molar-refractivity contribution in [2.45, 2.75) is 181 Å². The van der Waals surface area contributed by atoms with E-state index in [9.17, 15) is 28.8 Å². The topological polar surface area (TPSA) is 145 Å². The minimum absolute atomic E-state index is 0.00798. The van der Waals surface area contributed by atoms with Crippen LogP contribution in [-0.4, -0.2) is 52.3 Å². The van der Waals surface area contributed by atoms with Gasteiger partial charge in [-0.05, 0) is 47.0 Å². The van der Waals surface area contributed by atoms with Crippen LogP contribution in [0.3, 0.4) is 0 Å². The maximum atomic E-state index is 12.7. The van der Waals surface area contributed by atoms with Crippen molar-refractivity contribution >= 4 is 35.6 Å². The lowest BCUT2D eigenvalue weighted by molar-refractivity contribution is -0.197.